The van der Waals surface area contributed by atoms with Crippen LogP contribution in [0.3, 0.4) is 0 Å². The van der Waals surface area contributed by atoms with Gasteiger partial charge in [-0.2, -0.15) is 0 Å². The van der Waals surface area contributed by atoms with Crippen molar-refractivity contribution in [3.8, 4) is 0 Å². The molecule has 0 saturated carbocycles. The summed E-state index contributed by atoms with van der Waals surface area (Å²) in [5.41, 5.74) is 9.94. The Morgan fingerprint density at radius 1 is 0.905 bits per heavy atom. The molecule has 0 spiro atoms. The molecule has 0 unspecified atom stereocenters. The summed E-state index contributed by atoms with van der Waals surface area (Å²) < 4.78 is 26.6. The molecule has 0 saturated heterocycles. The molecule has 2 aromatic carbocycles. The van der Waals surface area contributed by atoms with Gasteiger partial charge in [0, 0.05) is 12.7 Å². The molecule has 2 rings (SSSR count). The zero-order valence-corrected chi connectivity index (χ0v) is 13.5. The van der Waals surface area contributed by atoms with Crippen molar-refractivity contribution >= 4 is 21.4 Å². The molecule has 5 heteroatoms. The lowest BCUT2D eigenvalue weighted by Gasteiger charge is -2.20. The van der Waals surface area contributed by atoms with Crippen LogP contribution < -0.4 is 10.0 Å². The molecule has 0 aliphatic rings. The molecule has 0 aliphatic carbocycles. The lowest BCUT2D eigenvalue weighted by Crippen LogP contribution is -2.26. The van der Waals surface area contributed by atoms with Gasteiger partial charge in [0.1, 0.15) is 0 Å². The lowest BCUT2D eigenvalue weighted by atomic mass is 10.1. The minimum atomic E-state index is -3.58. The Hall–Kier alpha value is -2.01. The van der Waals surface area contributed by atoms with Crippen LogP contribution in [0.4, 0.5) is 11.4 Å². The van der Waals surface area contributed by atoms with E-state index in [-0.39, 0.29) is 4.90 Å². The summed E-state index contributed by atoms with van der Waals surface area (Å²) in [5.74, 6) is 0. The summed E-state index contributed by atoms with van der Waals surface area (Å²) in [5, 5.41) is 0. The van der Waals surface area contributed by atoms with Crippen LogP contribution in [0.2, 0.25) is 0 Å². The van der Waals surface area contributed by atoms with Crippen molar-refractivity contribution in [2.45, 2.75) is 25.7 Å². The van der Waals surface area contributed by atoms with Crippen LogP contribution in [0.25, 0.3) is 0 Å². The number of rotatable bonds is 3. The average molecular weight is 304 g/mol. The second-order valence-electron chi connectivity index (χ2n) is 5.26. The number of hydrogen-bond donors (Lipinski definition) is 1. The van der Waals surface area contributed by atoms with Crippen molar-refractivity contribution < 1.29 is 8.42 Å². The van der Waals surface area contributed by atoms with Crippen LogP contribution in [0.15, 0.2) is 41.3 Å². The Bertz CT molecular complexity index is 783. The van der Waals surface area contributed by atoms with Gasteiger partial charge in [-0.1, -0.05) is 12.1 Å². The topological polar surface area (TPSA) is 63.4 Å². The zero-order chi connectivity index (χ0) is 15.8. The fourth-order valence-corrected chi connectivity index (χ4v) is 3.27. The Labute approximate surface area is 126 Å². The molecular weight excluding hydrogens is 284 g/mol. The van der Waals surface area contributed by atoms with Crippen molar-refractivity contribution in [2.24, 2.45) is 0 Å². The first-order chi connectivity index (χ1) is 9.73. The summed E-state index contributed by atoms with van der Waals surface area (Å²) in [4.78, 5) is 0.284. The number of sulfonamides is 1. The third-order valence-electron chi connectivity index (χ3n) is 3.76. The predicted octanol–water partition coefficient (Wildman–Crippen LogP) is 3.02. The largest absolute Gasteiger partial charge is 0.398 e. The molecule has 2 N–H and O–H groups in total. The lowest BCUT2D eigenvalue weighted by molar-refractivity contribution is 0.594. The average Bonchev–Trinajstić information content (AvgIpc) is 2.44. The summed E-state index contributed by atoms with van der Waals surface area (Å²) in [6.45, 7) is 5.74. The second-order valence-corrected chi connectivity index (χ2v) is 7.23. The number of anilines is 2. The van der Waals surface area contributed by atoms with E-state index in [9.17, 15) is 8.42 Å². The van der Waals surface area contributed by atoms with Crippen molar-refractivity contribution in [1.82, 2.24) is 0 Å². The van der Waals surface area contributed by atoms with E-state index in [1.54, 1.807) is 24.3 Å². The van der Waals surface area contributed by atoms with E-state index in [1.165, 1.54) is 11.4 Å². The Balaban J connectivity index is 2.46. The molecule has 0 heterocycles. The molecule has 0 atom stereocenters. The maximum Gasteiger partial charge on any atom is 0.264 e. The predicted molar refractivity (Wildman–Crippen MR) is 87.1 cm³/mol. The second kappa shape index (κ2) is 5.41. The highest BCUT2D eigenvalue weighted by atomic mass is 32.2. The van der Waals surface area contributed by atoms with Gasteiger partial charge < -0.3 is 5.73 Å². The molecule has 0 amide bonds. The van der Waals surface area contributed by atoms with Crippen LogP contribution in [0.1, 0.15) is 16.7 Å². The van der Waals surface area contributed by atoms with Gasteiger partial charge in [0.2, 0.25) is 0 Å². The van der Waals surface area contributed by atoms with Crippen molar-refractivity contribution in [3.63, 3.8) is 0 Å². The third kappa shape index (κ3) is 2.88. The first-order valence-electron chi connectivity index (χ1n) is 6.66. The van der Waals surface area contributed by atoms with Crippen molar-refractivity contribution in [1.29, 1.82) is 0 Å². The quantitative estimate of drug-likeness (QED) is 0.887. The normalized spacial score (nSPS) is 11.4. The molecule has 0 aromatic heterocycles. The molecule has 0 aliphatic heterocycles. The van der Waals surface area contributed by atoms with E-state index < -0.39 is 10.0 Å². The van der Waals surface area contributed by atoms with Gasteiger partial charge in [-0.25, -0.2) is 8.42 Å². The smallest absolute Gasteiger partial charge is 0.264 e. The SMILES string of the molecule is Cc1ccc(S(=O)(=O)N(C)c2ccc(C)c(N)c2)cc1C. The number of nitrogens with zero attached hydrogens (tertiary/aromatic N) is 1. The minimum Gasteiger partial charge on any atom is -0.398 e. The van der Waals surface area contributed by atoms with Gasteiger partial charge in [0.15, 0.2) is 0 Å². The zero-order valence-electron chi connectivity index (χ0n) is 12.7. The number of nitrogen functional groups attached to an aromatic ring is 1. The summed E-state index contributed by atoms with van der Waals surface area (Å²) >= 11 is 0. The fourth-order valence-electron chi connectivity index (χ4n) is 1.99. The summed E-state index contributed by atoms with van der Waals surface area (Å²) in [6.07, 6.45) is 0. The van der Waals surface area contributed by atoms with E-state index in [2.05, 4.69) is 0 Å². The molecule has 4 nitrogen and oxygen atoms in total. The van der Waals surface area contributed by atoms with E-state index in [1.807, 2.05) is 32.9 Å². The highest BCUT2D eigenvalue weighted by Gasteiger charge is 2.22. The standard InChI is InChI=1S/C16H20N2O2S/c1-11-6-8-15(9-13(11)3)21(19,20)18(4)14-7-5-12(2)16(17)10-14/h5-10H,17H2,1-4H3. The maximum atomic E-state index is 12.7. The van der Waals surface area contributed by atoms with E-state index in [0.29, 0.717) is 11.4 Å². The highest BCUT2D eigenvalue weighted by Crippen LogP contribution is 2.26. The molecule has 112 valence electrons. The summed E-state index contributed by atoms with van der Waals surface area (Å²) in [7, 11) is -2.05. The molecule has 2 aromatic rings. The Morgan fingerprint density at radius 3 is 2.10 bits per heavy atom. The Kier molecular flexibility index (Phi) is 3.96. The highest BCUT2D eigenvalue weighted by molar-refractivity contribution is 7.92. The molecular formula is C16H20N2O2S. The third-order valence-corrected chi connectivity index (χ3v) is 5.54. The maximum absolute atomic E-state index is 12.7. The van der Waals surface area contributed by atoms with E-state index in [0.717, 1.165) is 16.7 Å². The van der Waals surface area contributed by atoms with Gasteiger partial charge >= 0.3 is 0 Å². The first kappa shape index (κ1) is 15.4. The van der Waals surface area contributed by atoms with Gasteiger partial charge in [0.25, 0.3) is 10.0 Å². The number of hydrogen-bond acceptors (Lipinski definition) is 3. The first-order valence-corrected chi connectivity index (χ1v) is 8.10. The minimum absolute atomic E-state index is 0.284. The van der Waals surface area contributed by atoms with Gasteiger partial charge in [0.05, 0.1) is 10.6 Å². The fraction of sp³-hybridized carbons (Fsp3) is 0.250. The molecule has 0 fully saturated rings. The molecule has 0 bridgehead atoms. The van der Waals surface area contributed by atoms with Gasteiger partial charge in [-0.05, 0) is 61.7 Å². The number of nitrogens with two attached hydrogens (primary N) is 1. The molecule has 21 heavy (non-hydrogen) atoms. The van der Waals surface area contributed by atoms with Crippen molar-refractivity contribution in [3.05, 3.63) is 53.1 Å². The molecule has 0 radical (unpaired) electrons. The Morgan fingerprint density at radius 2 is 1.52 bits per heavy atom. The monoisotopic (exact) mass is 304 g/mol. The van der Waals surface area contributed by atoms with Crippen LogP contribution in [0.5, 0.6) is 0 Å². The van der Waals surface area contributed by atoms with Gasteiger partial charge in [-0.15, -0.1) is 0 Å². The van der Waals surface area contributed by atoms with Crippen LogP contribution in [-0.4, -0.2) is 15.5 Å². The van der Waals surface area contributed by atoms with Crippen molar-refractivity contribution in [2.75, 3.05) is 17.1 Å². The van der Waals surface area contributed by atoms with Crippen LogP contribution in [0, 0.1) is 20.8 Å². The van der Waals surface area contributed by atoms with Gasteiger partial charge in [-0.3, -0.25) is 4.31 Å². The number of aryl methyl sites for hydroxylation is 3. The van der Waals surface area contributed by atoms with E-state index >= 15 is 0 Å². The van der Waals surface area contributed by atoms with Crippen LogP contribution >= 0.6 is 0 Å². The van der Waals surface area contributed by atoms with E-state index in [4.69, 9.17) is 5.73 Å². The van der Waals surface area contributed by atoms with Crippen LogP contribution in [-0.2, 0) is 10.0 Å². The number of benzene rings is 2. The summed E-state index contributed by atoms with van der Waals surface area (Å²) in [6, 6.07) is 10.4.